The van der Waals surface area contributed by atoms with Crippen molar-refractivity contribution in [3.05, 3.63) is 29.8 Å². The lowest BCUT2D eigenvalue weighted by Crippen LogP contribution is -2.41. The summed E-state index contributed by atoms with van der Waals surface area (Å²) in [6.07, 6.45) is 2.51. The average molecular weight is 289 g/mol. The van der Waals surface area contributed by atoms with Gasteiger partial charge in [0.05, 0.1) is 6.54 Å². The number of piperidine rings is 1. The number of amides is 1. The van der Waals surface area contributed by atoms with Crippen LogP contribution in [0.4, 0.5) is 5.69 Å². The highest BCUT2D eigenvalue weighted by molar-refractivity contribution is 5.92. The summed E-state index contributed by atoms with van der Waals surface area (Å²) >= 11 is 0. The molecule has 1 aromatic rings. The number of rotatable bonds is 6. The Morgan fingerprint density at radius 3 is 2.76 bits per heavy atom. The lowest BCUT2D eigenvalue weighted by atomic mass is 9.99. The predicted octanol–water partition coefficient (Wildman–Crippen LogP) is 2.26. The molecule has 0 bridgehead atoms. The van der Waals surface area contributed by atoms with E-state index in [0.717, 1.165) is 31.9 Å². The molecule has 1 amide bonds. The molecule has 1 unspecified atom stereocenters. The zero-order valence-corrected chi connectivity index (χ0v) is 13.2. The SMILES string of the molecule is CCN(CC(=O)Nc1ccc(C)cc1)CC1CCCNC1. The fourth-order valence-electron chi connectivity index (χ4n) is 2.79. The van der Waals surface area contributed by atoms with Gasteiger partial charge in [-0.05, 0) is 57.5 Å². The van der Waals surface area contributed by atoms with Crippen molar-refractivity contribution in [2.75, 3.05) is 38.0 Å². The van der Waals surface area contributed by atoms with E-state index in [2.05, 4.69) is 22.5 Å². The smallest absolute Gasteiger partial charge is 0.238 e. The zero-order valence-electron chi connectivity index (χ0n) is 13.2. The van der Waals surface area contributed by atoms with Gasteiger partial charge in [-0.15, -0.1) is 0 Å². The third-order valence-electron chi connectivity index (χ3n) is 4.07. The number of likely N-dealkylation sites (N-methyl/N-ethyl adjacent to an activating group) is 1. The zero-order chi connectivity index (χ0) is 15.1. The molecule has 2 N–H and O–H groups in total. The number of carbonyl (C=O) groups excluding carboxylic acids is 1. The standard InChI is InChI=1S/C17H27N3O/c1-3-20(12-15-5-4-10-18-11-15)13-17(21)19-16-8-6-14(2)7-9-16/h6-9,15,18H,3-5,10-13H2,1-2H3,(H,19,21). The van der Waals surface area contributed by atoms with Crippen LogP contribution >= 0.6 is 0 Å². The molecule has 0 spiro atoms. The van der Waals surface area contributed by atoms with Crippen molar-refractivity contribution < 1.29 is 4.79 Å². The Labute approximate surface area is 127 Å². The topological polar surface area (TPSA) is 44.4 Å². The maximum Gasteiger partial charge on any atom is 0.238 e. The molecular formula is C17H27N3O. The van der Waals surface area contributed by atoms with Gasteiger partial charge in [0, 0.05) is 12.2 Å². The minimum absolute atomic E-state index is 0.0736. The van der Waals surface area contributed by atoms with Gasteiger partial charge < -0.3 is 10.6 Å². The third-order valence-corrected chi connectivity index (χ3v) is 4.07. The molecule has 0 saturated carbocycles. The second kappa shape index (κ2) is 8.15. The quantitative estimate of drug-likeness (QED) is 0.844. The minimum atomic E-state index is 0.0736. The molecule has 116 valence electrons. The van der Waals surface area contributed by atoms with Crippen LogP contribution in [0.15, 0.2) is 24.3 Å². The van der Waals surface area contributed by atoms with Crippen LogP contribution in [-0.4, -0.2) is 43.5 Å². The summed E-state index contributed by atoms with van der Waals surface area (Å²) in [6.45, 7) is 8.77. The van der Waals surface area contributed by atoms with Gasteiger partial charge in [-0.1, -0.05) is 24.6 Å². The first-order valence-corrected chi connectivity index (χ1v) is 7.97. The van der Waals surface area contributed by atoms with E-state index in [1.54, 1.807) is 0 Å². The Bertz CT molecular complexity index is 438. The van der Waals surface area contributed by atoms with Crippen molar-refractivity contribution in [2.24, 2.45) is 5.92 Å². The van der Waals surface area contributed by atoms with Crippen molar-refractivity contribution in [1.29, 1.82) is 0 Å². The minimum Gasteiger partial charge on any atom is -0.325 e. The van der Waals surface area contributed by atoms with Gasteiger partial charge in [0.1, 0.15) is 0 Å². The third kappa shape index (κ3) is 5.48. The number of hydrogen-bond acceptors (Lipinski definition) is 3. The summed E-state index contributed by atoms with van der Waals surface area (Å²) in [5.74, 6) is 0.746. The van der Waals surface area contributed by atoms with Crippen LogP contribution in [0.1, 0.15) is 25.3 Å². The maximum absolute atomic E-state index is 12.1. The van der Waals surface area contributed by atoms with E-state index in [4.69, 9.17) is 0 Å². The van der Waals surface area contributed by atoms with E-state index in [0.29, 0.717) is 12.5 Å². The Kier molecular flexibility index (Phi) is 6.21. The molecule has 4 nitrogen and oxygen atoms in total. The highest BCUT2D eigenvalue weighted by atomic mass is 16.2. The van der Waals surface area contributed by atoms with Crippen LogP contribution in [0.5, 0.6) is 0 Å². The van der Waals surface area contributed by atoms with Crippen molar-refractivity contribution in [3.8, 4) is 0 Å². The number of hydrogen-bond donors (Lipinski definition) is 2. The maximum atomic E-state index is 12.1. The van der Waals surface area contributed by atoms with Crippen molar-refractivity contribution >= 4 is 11.6 Å². The number of nitrogens with zero attached hydrogens (tertiary/aromatic N) is 1. The Hall–Kier alpha value is -1.39. The van der Waals surface area contributed by atoms with E-state index in [9.17, 15) is 4.79 Å². The molecule has 0 aromatic heterocycles. The molecule has 0 radical (unpaired) electrons. The predicted molar refractivity (Wildman–Crippen MR) is 87.5 cm³/mol. The van der Waals surface area contributed by atoms with Crippen LogP contribution in [0.25, 0.3) is 0 Å². The number of benzene rings is 1. The highest BCUT2D eigenvalue weighted by Crippen LogP contribution is 2.12. The lowest BCUT2D eigenvalue weighted by molar-refractivity contribution is -0.117. The Morgan fingerprint density at radius 2 is 2.14 bits per heavy atom. The number of carbonyl (C=O) groups is 1. The molecule has 1 fully saturated rings. The first-order valence-electron chi connectivity index (χ1n) is 7.97. The normalized spacial score (nSPS) is 18.7. The van der Waals surface area contributed by atoms with E-state index in [1.807, 2.05) is 31.2 Å². The molecule has 1 aromatic carbocycles. The van der Waals surface area contributed by atoms with Crippen molar-refractivity contribution in [3.63, 3.8) is 0 Å². The first-order chi connectivity index (χ1) is 10.2. The van der Waals surface area contributed by atoms with Gasteiger partial charge in [0.25, 0.3) is 0 Å². The summed E-state index contributed by atoms with van der Waals surface area (Å²) < 4.78 is 0. The van der Waals surface area contributed by atoms with E-state index in [1.165, 1.54) is 18.4 Å². The molecule has 1 heterocycles. The van der Waals surface area contributed by atoms with Gasteiger partial charge in [-0.3, -0.25) is 9.69 Å². The van der Waals surface area contributed by atoms with Crippen LogP contribution in [0, 0.1) is 12.8 Å². The van der Waals surface area contributed by atoms with Crippen molar-refractivity contribution in [2.45, 2.75) is 26.7 Å². The lowest BCUT2D eigenvalue weighted by Gasteiger charge is -2.29. The fraction of sp³-hybridized carbons (Fsp3) is 0.588. The highest BCUT2D eigenvalue weighted by Gasteiger charge is 2.17. The van der Waals surface area contributed by atoms with Crippen LogP contribution in [0.3, 0.4) is 0 Å². The molecule has 1 atom stereocenters. The molecule has 1 aliphatic rings. The Morgan fingerprint density at radius 1 is 1.38 bits per heavy atom. The van der Waals surface area contributed by atoms with Crippen molar-refractivity contribution in [1.82, 2.24) is 10.2 Å². The molecule has 21 heavy (non-hydrogen) atoms. The average Bonchev–Trinajstić information content (AvgIpc) is 2.50. The van der Waals surface area contributed by atoms with E-state index >= 15 is 0 Å². The van der Waals surface area contributed by atoms with Gasteiger partial charge in [0.15, 0.2) is 0 Å². The molecule has 1 aliphatic heterocycles. The second-order valence-electron chi connectivity index (χ2n) is 5.95. The first kappa shape index (κ1) is 16.0. The summed E-state index contributed by atoms with van der Waals surface area (Å²) in [5.41, 5.74) is 2.08. The van der Waals surface area contributed by atoms with Crippen LogP contribution < -0.4 is 10.6 Å². The molecule has 4 heteroatoms. The number of aryl methyl sites for hydroxylation is 1. The number of anilines is 1. The van der Waals surface area contributed by atoms with E-state index < -0.39 is 0 Å². The molecule has 0 aliphatic carbocycles. The molecule has 1 saturated heterocycles. The Balaban J connectivity index is 1.79. The van der Waals surface area contributed by atoms with Crippen LogP contribution in [0.2, 0.25) is 0 Å². The van der Waals surface area contributed by atoms with Gasteiger partial charge in [0.2, 0.25) is 5.91 Å². The second-order valence-corrected chi connectivity index (χ2v) is 5.95. The largest absolute Gasteiger partial charge is 0.325 e. The summed E-state index contributed by atoms with van der Waals surface area (Å²) in [5, 5.41) is 6.41. The monoisotopic (exact) mass is 289 g/mol. The van der Waals surface area contributed by atoms with Gasteiger partial charge in [-0.2, -0.15) is 0 Å². The van der Waals surface area contributed by atoms with Gasteiger partial charge >= 0.3 is 0 Å². The van der Waals surface area contributed by atoms with Crippen LogP contribution in [-0.2, 0) is 4.79 Å². The summed E-state index contributed by atoms with van der Waals surface area (Å²) in [4.78, 5) is 14.4. The fourth-order valence-corrected chi connectivity index (χ4v) is 2.79. The molecular weight excluding hydrogens is 262 g/mol. The summed E-state index contributed by atoms with van der Waals surface area (Å²) in [7, 11) is 0. The van der Waals surface area contributed by atoms with Gasteiger partial charge in [-0.25, -0.2) is 0 Å². The summed E-state index contributed by atoms with van der Waals surface area (Å²) in [6, 6.07) is 7.94. The van der Waals surface area contributed by atoms with E-state index in [-0.39, 0.29) is 5.91 Å². The number of nitrogens with one attached hydrogen (secondary N) is 2. The molecule has 2 rings (SSSR count).